The van der Waals surface area contributed by atoms with E-state index in [1.165, 1.54) is 4.31 Å². The number of benzene rings is 1. The van der Waals surface area contributed by atoms with Crippen molar-refractivity contribution in [1.29, 1.82) is 0 Å². The Balaban J connectivity index is 0.00000243. The molecule has 1 saturated heterocycles. The van der Waals surface area contributed by atoms with Gasteiger partial charge >= 0.3 is 0 Å². The highest BCUT2D eigenvalue weighted by Crippen LogP contribution is 2.27. The second kappa shape index (κ2) is 8.85. The molecule has 7 heteroatoms. The molecule has 2 aliphatic rings. The van der Waals surface area contributed by atoms with Crippen LogP contribution in [0.15, 0.2) is 41.3 Å². The van der Waals surface area contributed by atoms with E-state index in [0.29, 0.717) is 17.0 Å². The first-order chi connectivity index (χ1) is 11.9. The van der Waals surface area contributed by atoms with E-state index in [-0.39, 0.29) is 18.4 Å². The van der Waals surface area contributed by atoms with Crippen molar-refractivity contribution in [2.75, 3.05) is 27.2 Å². The van der Waals surface area contributed by atoms with E-state index in [2.05, 4.69) is 11.0 Å². The lowest BCUT2D eigenvalue weighted by atomic mass is 10.0. The van der Waals surface area contributed by atoms with Gasteiger partial charge in [0.05, 0.1) is 11.0 Å². The number of aryl methyl sites for hydroxylation is 1. The Morgan fingerprint density at radius 2 is 1.88 bits per heavy atom. The van der Waals surface area contributed by atoms with Gasteiger partial charge in [-0.2, -0.15) is 4.31 Å². The van der Waals surface area contributed by atoms with Crippen LogP contribution in [0.1, 0.15) is 24.8 Å². The maximum absolute atomic E-state index is 12.9. The Morgan fingerprint density at radius 1 is 1.19 bits per heavy atom. The van der Waals surface area contributed by atoms with Gasteiger partial charge in [0.1, 0.15) is 0 Å². The number of halogens is 1. The molecule has 1 aromatic carbocycles. The first kappa shape index (κ1) is 21.4. The van der Waals surface area contributed by atoms with Gasteiger partial charge in [-0.25, -0.2) is 8.42 Å². The summed E-state index contributed by atoms with van der Waals surface area (Å²) in [5, 5.41) is 0. The summed E-state index contributed by atoms with van der Waals surface area (Å²) in [6.07, 6.45) is 7.48. The number of rotatable bonds is 5. The van der Waals surface area contributed by atoms with Gasteiger partial charge < -0.3 is 4.74 Å². The quantitative estimate of drug-likeness (QED) is 0.713. The van der Waals surface area contributed by atoms with Crippen LogP contribution in [0, 0.1) is 6.92 Å². The van der Waals surface area contributed by atoms with Crippen LogP contribution in [0.5, 0.6) is 0 Å². The van der Waals surface area contributed by atoms with Crippen LogP contribution in [0.25, 0.3) is 0 Å². The van der Waals surface area contributed by atoms with Crippen molar-refractivity contribution in [2.45, 2.75) is 49.3 Å². The molecule has 0 bridgehead atoms. The monoisotopic (exact) mass is 400 g/mol. The summed E-state index contributed by atoms with van der Waals surface area (Å²) >= 11 is 0. The molecule has 26 heavy (non-hydrogen) atoms. The van der Waals surface area contributed by atoms with E-state index in [0.717, 1.165) is 37.9 Å². The average Bonchev–Trinajstić information content (AvgIpc) is 3.11. The number of sulfonamides is 1. The summed E-state index contributed by atoms with van der Waals surface area (Å²) in [5.41, 5.74) is 0.954. The Morgan fingerprint density at radius 3 is 2.50 bits per heavy atom. The van der Waals surface area contributed by atoms with Crippen molar-refractivity contribution >= 4 is 22.4 Å². The average molecular weight is 401 g/mol. The van der Waals surface area contributed by atoms with Crippen molar-refractivity contribution in [3.05, 3.63) is 42.0 Å². The van der Waals surface area contributed by atoms with Crippen LogP contribution in [-0.4, -0.2) is 63.1 Å². The van der Waals surface area contributed by atoms with E-state index in [4.69, 9.17) is 4.74 Å². The topological polar surface area (TPSA) is 49.9 Å². The number of nitrogens with zero attached hydrogens (tertiary/aromatic N) is 2. The zero-order chi connectivity index (χ0) is 18.0. The molecule has 1 aliphatic carbocycles. The second-order valence-electron chi connectivity index (χ2n) is 7.06. The van der Waals surface area contributed by atoms with Crippen LogP contribution in [0.2, 0.25) is 0 Å². The number of methoxy groups -OCH3 is 1. The first-order valence-corrected chi connectivity index (χ1v) is 10.4. The summed E-state index contributed by atoms with van der Waals surface area (Å²) in [5.74, 6) is 0. The van der Waals surface area contributed by atoms with Crippen LogP contribution in [-0.2, 0) is 14.8 Å². The molecule has 0 aromatic heterocycles. The van der Waals surface area contributed by atoms with Crippen LogP contribution < -0.4 is 0 Å². The number of piperidine rings is 1. The molecule has 0 spiro atoms. The molecule has 0 unspecified atom stereocenters. The molecule has 1 fully saturated rings. The fraction of sp³-hybridized carbons (Fsp3) is 0.579. The lowest BCUT2D eigenvalue weighted by molar-refractivity contribution is 0.0324. The molecule has 1 heterocycles. The fourth-order valence-electron chi connectivity index (χ4n) is 3.76. The molecular formula is C19H29ClN2O3S. The molecule has 0 amide bonds. The highest BCUT2D eigenvalue weighted by Gasteiger charge is 2.34. The predicted molar refractivity (Wildman–Crippen MR) is 106 cm³/mol. The lowest BCUT2D eigenvalue weighted by Gasteiger charge is -2.35. The third-order valence-electron chi connectivity index (χ3n) is 5.45. The first-order valence-electron chi connectivity index (χ1n) is 8.91. The summed E-state index contributed by atoms with van der Waals surface area (Å²) in [6, 6.07) is 7.34. The number of hydrogen-bond acceptors (Lipinski definition) is 4. The predicted octanol–water partition coefficient (Wildman–Crippen LogP) is 2.85. The lowest BCUT2D eigenvalue weighted by Crippen LogP contribution is -2.43. The van der Waals surface area contributed by atoms with Gasteiger partial charge in [0.2, 0.25) is 10.0 Å². The minimum absolute atomic E-state index is 0. The fourth-order valence-corrected chi connectivity index (χ4v) is 5.20. The van der Waals surface area contributed by atoms with Gasteiger partial charge in [0.25, 0.3) is 0 Å². The van der Waals surface area contributed by atoms with E-state index < -0.39 is 10.0 Å². The van der Waals surface area contributed by atoms with Gasteiger partial charge in [-0.1, -0.05) is 24.3 Å². The van der Waals surface area contributed by atoms with Crippen molar-refractivity contribution < 1.29 is 13.2 Å². The van der Waals surface area contributed by atoms with Gasteiger partial charge in [0.15, 0.2) is 0 Å². The minimum atomic E-state index is -3.47. The Labute approximate surface area is 163 Å². The SMILES string of the molecule is COC1CCN([C@H]2C=C[C@@H](N(C)S(=O)(=O)c3cccc(C)c3)C2)CC1.Cl. The normalized spacial score (nSPS) is 24.8. The van der Waals surface area contributed by atoms with Gasteiger partial charge in [-0.05, 0) is 43.9 Å². The van der Waals surface area contributed by atoms with Gasteiger partial charge in [-0.15, -0.1) is 12.4 Å². The standard InChI is InChI=1S/C19H28N2O3S.ClH/c1-15-5-4-6-19(13-15)25(22,23)20(2)16-7-8-17(14-16)21-11-9-18(24-3)10-12-21;/h4-8,13,16-18H,9-12,14H2,1-3H3;1H/t16-,17+;/m1./s1. The molecule has 146 valence electrons. The molecule has 0 N–H and O–H groups in total. The molecule has 1 aliphatic heterocycles. The number of likely N-dealkylation sites (N-methyl/N-ethyl adjacent to an activating group) is 1. The van der Waals surface area contributed by atoms with Gasteiger partial charge in [-0.3, -0.25) is 4.90 Å². The third-order valence-corrected chi connectivity index (χ3v) is 7.33. The minimum Gasteiger partial charge on any atom is -0.381 e. The zero-order valence-electron chi connectivity index (χ0n) is 15.7. The second-order valence-corrected chi connectivity index (χ2v) is 9.06. The Kier molecular flexibility index (Phi) is 7.27. The summed E-state index contributed by atoms with van der Waals surface area (Å²) in [7, 11) is -0.00676. The largest absolute Gasteiger partial charge is 0.381 e. The summed E-state index contributed by atoms with van der Waals surface area (Å²) < 4.78 is 32.7. The van der Waals surface area contributed by atoms with E-state index in [9.17, 15) is 8.42 Å². The van der Waals surface area contributed by atoms with E-state index in [1.807, 2.05) is 19.1 Å². The van der Waals surface area contributed by atoms with Gasteiger partial charge in [0, 0.05) is 39.3 Å². The summed E-state index contributed by atoms with van der Waals surface area (Å²) in [4.78, 5) is 2.81. The molecule has 5 nitrogen and oxygen atoms in total. The third kappa shape index (κ3) is 4.49. The van der Waals surface area contributed by atoms with Crippen molar-refractivity contribution in [1.82, 2.24) is 9.21 Å². The molecule has 3 rings (SSSR count). The van der Waals surface area contributed by atoms with E-state index in [1.54, 1.807) is 32.4 Å². The van der Waals surface area contributed by atoms with Crippen LogP contribution >= 0.6 is 12.4 Å². The highest BCUT2D eigenvalue weighted by molar-refractivity contribution is 7.89. The number of hydrogen-bond donors (Lipinski definition) is 0. The van der Waals surface area contributed by atoms with E-state index >= 15 is 0 Å². The molecule has 0 saturated carbocycles. The maximum atomic E-state index is 12.9. The molecule has 0 radical (unpaired) electrons. The highest BCUT2D eigenvalue weighted by atomic mass is 35.5. The Hall–Kier alpha value is -0.920. The maximum Gasteiger partial charge on any atom is 0.243 e. The Bertz CT molecular complexity index is 730. The number of likely N-dealkylation sites (tertiary alicyclic amines) is 1. The van der Waals surface area contributed by atoms with Crippen molar-refractivity contribution in [2.24, 2.45) is 0 Å². The van der Waals surface area contributed by atoms with Crippen LogP contribution in [0.4, 0.5) is 0 Å². The van der Waals surface area contributed by atoms with Crippen molar-refractivity contribution in [3.63, 3.8) is 0 Å². The zero-order valence-corrected chi connectivity index (χ0v) is 17.3. The van der Waals surface area contributed by atoms with Crippen LogP contribution in [0.3, 0.4) is 0 Å². The molecule has 2 atom stereocenters. The van der Waals surface area contributed by atoms with Crippen molar-refractivity contribution in [3.8, 4) is 0 Å². The number of ether oxygens (including phenoxy) is 1. The smallest absolute Gasteiger partial charge is 0.243 e. The molecule has 1 aromatic rings. The summed E-state index contributed by atoms with van der Waals surface area (Å²) in [6.45, 7) is 3.93. The molecular weight excluding hydrogens is 372 g/mol.